The Morgan fingerprint density at radius 3 is 3.06 bits per heavy atom. The van der Waals surface area contributed by atoms with Crippen molar-refractivity contribution in [2.24, 2.45) is 7.05 Å². The summed E-state index contributed by atoms with van der Waals surface area (Å²) in [5, 5.41) is 9.32. The lowest BCUT2D eigenvalue weighted by Gasteiger charge is -2.00. The van der Waals surface area contributed by atoms with Crippen molar-refractivity contribution >= 4 is 28.8 Å². The first-order valence-corrected chi connectivity index (χ1v) is 6.53. The van der Waals surface area contributed by atoms with E-state index in [2.05, 4.69) is 4.98 Å². The number of hydrogen-bond donors (Lipinski definition) is 1. The number of nitrogens with zero attached hydrogens (tertiary/aromatic N) is 2. The van der Waals surface area contributed by atoms with E-state index in [1.807, 2.05) is 11.6 Å². The molecule has 18 heavy (non-hydrogen) atoms. The van der Waals surface area contributed by atoms with Crippen molar-refractivity contribution in [1.82, 2.24) is 9.55 Å². The third-order valence-electron chi connectivity index (χ3n) is 2.57. The Morgan fingerprint density at radius 1 is 1.56 bits per heavy atom. The summed E-state index contributed by atoms with van der Waals surface area (Å²) in [6.07, 6.45) is 0.753. The topological polar surface area (TPSA) is 55.1 Å². The Hall–Kier alpha value is -1.56. The largest absolute Gasteiger partial charge is 0.481 e. The van der Waals surface area contributed by atoms with Crippen LogP contribution in [0.5, 0.6) is 0 Å². The van der Waals surface area contributed by atoms with Gasteiger partial charge < -0.3 is 9.67 Å². The fourth-order valence-corrected chi connectivity index (χ4v) is 2.59. The molecule has 2 aromatic rings. The van der Waals surface area contributed by atoms with Crippen molar-refractivity contribution in [2.45, 2.75) is 18.0 Å². The van der Waals surface area contributed by atoms with E-state index >= 15 is 0 Å². The summed E-state index contributed by atoms with van der Waals surface area (Å²) in [7, 11) is 1.87. The number of carboxylic acid groups (broad SMARTS) is 1. The Balaban J connectivity index is 2.09. The molecule has 0 spiro atoms. The first-order chi connectivity index (χ1) is 8.58. The predicted molar refractivity (Wildman–Crippen MR) is 68.3 cm³/mol. The predicted octanol–water partition coefficient (Wildman–Crippen LogP) is 2.67. The van der Waals surface area contributed by atoms with Gasteiger partial charge in [-0.15, -0.1) is 0 Å². The van der Waals surface area contributed by atoms with Gasteiger partial charge in [0, 0.05) is 25.3 Å². The molecular formula is C12H13FN2O2S. The van der Waals surface area contributed by atoms with E-state index in [1.54, 1.807) is 6.07 Å². The third kappa shape index (κ3) is 2.81. The fourth-order valence-electron chi connectivity index (χ4n) is 1.67. The number of fused-ring (bicyclic) bond motifs is 1. The van der Waals surface area contributed by atoms with E-state index in [4.69, 9.17) is 5.11 Å². The molecule has 2 rings (SSSR count). The summed E-state index contributed by atoms with van der Waals surface area (Å²) in [4.78, 5) is 14.7. The molecule has 0 amide bonds. The molecule has 1 aromatic carbocycles. The van der Waals surface area contributed by atoms with Crippen molar-refractivity contribution in [2.75, 3.05) is 5.75 Å². The fraction of sp³-hybridized carbons (Fsp3) is 0.333. The summed E-state index contributed by atoms with van der Waals surface area (Å²) >= 11 is 1.49. The first kappa shape index (κ1) is 12.9. The SMILES string of the molecule is Cn1c(SCCCC(=O)O)nc2cc(F)ccc21. The van der Waals surface area contributed by atoms with Crippen molar-refractivity contribution in [1.29, 1.82) is 0 Å². The summed E-state index contributed by atoms with van der Waals surface area (Å²) in [6.45, 7) is 0. The molecule has 96 valence electrons. The molecule has 0 unspecified atom stereocenters. The number of imidazole rings is 1. The maximum Gasteiger partial charge on any atom is 0.303 e. The molecule has 0 aliphatic rings. The molecular weight excluding hydrogens is 255 g/mol. The lowest BCUT2D eigenvalue weighted by molar-refractivity contribution is -0.137. The van der Waals surface area contributed by atoms with Gasteiger partial charge in [0.2, 0.25) is 0 Å². The van der Waals surface area contributed by atoms with Gasteiger partial charge in [0.15, 0.2) is 5.16 Å². The molecule has 0 atom stereocenters. The number of benzene rings is 1. The molecule has 0 saturated carbocycles. The molecule has 4 nitrogen and oxygen atoms in total. The van der Waals surface area contributed by atoms with Crippen LogP contribution in [0.1, 0.15) is 12.8 Å². The molecule has 0 aliphatic carbocycles. The van der Waals surface area contributed by atoms with E-state index in [1.165, 1.54) is 23.9 Å². The number of halogens is 1. The number of hydrogen-bond acceptors (Lipinski definition) is 3. The van der Waals surface area contributed by atoms with E-state index in [0.29, 0.717) is 17.7 Å². The van der Waals surface area contributed by atoms with Gasteiger partial charge in [-0.1, -0.05) is 11.8 Å². The second kappa shape index (κ2) is 5.39. The smallest absolute Gasteiger partial charge is 0.303 e. The highest BCUT2D eigenvalue weighted by molar-refractivity contribution is 7.99. The number of carboxylic acids is 1. The Kier molecular flexibility index (Phi) is 3.86. The highest BCUT2D eigenvalue weighted by Gasteiger charge is 2.09. The lowest BCUT2D eigenvalue weighted by atomic mass is 10.3. The molecule has 0 saturated heterocycles. The molecule has 0 bridgehead atoms. The standard InChI is InChI=1S/C12H13FN2O2S/c1-15-10-5-4-8(13)7-9(10)14-12(15)18-6-2-3-11(16)17/h4-5,7H,2-3,6H2,1H3,(H,16,17). The highest BCUT2D eigenvalue weighted by Crippen LogP contribution is 2.24. The number of rotatable bonds is 5. The molecule has 1 aromatic heterocycles. The summed E-state index contributed by atoms with van der Waals surface area (Å²) in [6, 6.07) is 4.50. The molecule has 1 heterocycles. The van der Waals surface area contributed by atoms with E-state index in [0.717, 1.165) is 10.7 Å². The van der Waals surface area contributed by atoms with Crippen LogP contribution in [-0.4, -0.2) is 26.4 Å². The number of aliphatic carboxylic acids is 1. The second-order valence-electron chi connectivity index (χ2n) is 3.93. The zero-order chi connectivity index (χ0) is 13.1. The third-order valence-corrected chi connectivity index (χ3v) is 3.68. The van der Waals surface area contributed by atoms with Gasteiger partial charge in [-0.3, -0.25) is 4.79 Å². The van der Waals surface area contributed by atoms with Crippen LogP contribution in [0.4, 0.5) is 4.39 Å². The van der Waals surface area contributed by atoms with Crippen molar-refractivity contribution in [3.8, 4) is 0 Å². The Bertz CT molecular complexity index is 583. The van der Waals surface area contributed by atoms with Crippen LogP contribution in [0, 0.1) is 5.82 Å². The zero-order valence-corrected chi connectivity index (χ0v) is 10.7. The van der Waals surface area contributed by atoms with Crippen LogP contribution in [0.3, 0.4) is 0 Å². The van der Waals surface area contributed by atoms with Crippen LogP contribution in [0.15, 0.2) is 23.4 Å². The van der Waals surface area contributed by atoms with Gasteiger partial charge >= 0.3 is 5.97 Å². The van der Waals surface area contributed by atoms with Gasteiger partial charge in [-0.2, -0.15) is 0 Å². The van der Waals surface area contributed by atoms with Crippen LogP contribution >= 0.6 is 11.8 Å². The number of thioether (sulfide) groups is 1. The average molecular weight is 268 g/mol. The quantitative estimate of drug-likeness (QED) is 0.669. The molecule has 6 heteroatoms. The maximum atomic E-state index is 13.1. The minimum atomic E-state index is -0.789. The number of carbonyl (C=O) groups is 1. The van der Waals surface area contributed by atoms with Gasteiger partial charge in [-0.25, -0.2) is 9.37 Å². The highest BCUT2D eigenvalue weighted by atomic mass is 32.2. The van der Waals surface area contributed by atoms with Crippen LogP contribution in [-0.2, 0) is 11.8 Å². The van der Waals surface area contributed by atoms with Gasteiger partial charge in [-0.05, 0) is 18.6 Å². The van der Waals surface area contributed by atoms with Crippen molar-refractivity contribution < 1.29 is 14.3 Å². The average Bonchev–Trinajstić information content (AvgIpc) is 2.61. The van der Waals surface area contributed by atoms with E-state index < -0.39 is 5.97 Å². The van der Waals surface area contributed by atoms with Crippen LogP contribution < -0.4 is 0 Å². The summed E-state index contributed by atoms with van der Waals surface area (Å²) in [5.41, 5.74) is 1.50. The van der Waals surface area contributed by atoms with Gasteiger partial charge in [0.1, 0.15) is 5.82 Å². The minimum Gasteiger partial charge on any atom is -0.481 e. The Morgan fingerprint density at radius 2 is 2.33 bits per heavy atom. The minimum absolute atomic E-state index is 0.158. The normalized spacial score (nSPS) is 11.0. The summed E-state index contributed by atoms with van der Waals surface area (Å²) < 4.78 is 14.9. The molecule has 0 fully saturated rings. The monoisotopic (exact) mass is 268 g/mol. The molecule has 1 N–H and O–H groups in total. The number of aryl methyl sites for hydroxylation is 1. The first-order valence-electron chi connectivity index (χ1n) is 5.54. The van der Waals surface area contributed by atoms with Crippen LogP contribution in [0.25, 0.3) is 11.0 Å². The van der Waals surface area contributed by atoms with Gasteiger partial charge in [0.25, 0.3) is 0 Å². The van der Waals surface area contributed by atoms with Crippen molar-refractivity contribution in [3.05, 3.63) is 24.0 Å². The van der Waals surface area contributed by atoms with Gasteiger partial charge in [0.05, 0.1) is 11.0 Å². The molecule has 0 radical (unpaired) electrons. The number of aromatic nitrogens is 2. The second-order valence-corrected chi connectivity index (χ2v) is 4.99. The van der Waals surface area contributed by atoms with Crippen molar-refractivity contribution in [3.63, 3.8) is 0 Å². The van der Waals surface area contributed by atoms with E-state index in [9.17, 15) is 9.18 Å². The van der Waals surface area contributed by atoms with Crippen LogP contribution in [0.2, 0.25) is 0 Å². The Labute approximate surface area is 108 Å². The summed E-state index contributed by atoms with van der Waals surface area (Å²) in [5.74, 6) is -0.405. The van der Waals surface area contributed by atoms with E-state index in [-0.39, 0.29) is 12.2 Å². The zero-order valence-electron chi connectivity index (χ0n) is 9.89. The molecule has 0 aliphatic heterocycles. The lowest BCUT2D eigenvalue weighted by Crippen LogP contribution is -1.96. The maximum absolute atomic E-state index is 13.1.